The van der Waals surface area contributed by atoms with E-state index in [0.717, 1.165) is 44.0 Å². The summed E-state index contributed by atoms with van der Waals surface area (Å²) in [4.78, 5) is 40.9. The third-order valence-electron chi connectivity index (χ3n) is 6.78. The molecule has 3 aromatic rings. The highest BCUT2D eigenvalue weighted by Crippen LogP contribution is 2.24. The smallest absolute Gasteiger partial charge is 0.328 e. The molecule has 8 heteroatoms. The van der Waals surface area contributed by atoms with Crippen molar-refractivity contribution < 1.29 is 24.6 Å². The first kappa shape index (κ1) is 29.3. The van der Waals surface area contributed by atoms with E-state index in [2.05, 4.69) is 54.9 Å². The SMILES string of the molecule is Cc1ccc(C(=O)N2CCN(Cc3ccnc(-c4cc(C)c(C)c(C)c4)c3)CC2)cc1.O=C(O)/C=C\C(=O)O. The minimum atomic E-state index is -1.26. The Balaban J connectivity index is 0.000000459. The van der Waals surface area contributed by atoms with Crippen molar-refractivity contribution in [2.45, 2.75) is 34.2 Å². The van der Waals surface area contributed by atoms with Gasteiger partial charge in [0.15, 0.2) is 0 Å². The minimum absolute atomic E-state index is 0.135. The summed E-state index contributed by atoms with van der Waals surface area (Å²) in [6, 6.07) is 16.6. The molecule has 0 saturated carbocycles. The lowest BCUT2D eigenvalue weighted by atomic mass is 9.98. The van der Waals surface area contributed by atoms with Crippen LogP contribution in [0.1, 0.15) is 38.2 Å². The van der Waals surface area contributed by atoms with Crippen molar-refractivity contribution in [3.8, 4) is 11.3 Å². The van der Waals surface area contributed by atoms with Crippen LogP contribution in [0.3, 0.4) is 0 Å². The molecule has 1 aliphatic rings. The molecule has 0 unspecified atom stereocenters. The molecule has 2 heterocycles. The molecule has 0 spiro atoms. The van der Waals surface area contributed by atoms with E-state index < -0.39 is 11.9 Å². The standard InChI is InChI=1S/C27H31N3O.C4H4O4/c1-19-5-7-24(8-6-19)27(31)30-13-11-29(12-14-30)18-23-9-10-28-26(17-23)25-15-20(2)22(4)21(3)16-25;5-3(6)1-2-4(7)8/h5-10,15-17H,11-14,18H2,1-4H3;1-2H,(H,5,6)(H,7,8)/b;2-1-. The Morgan fingerprint density at radius 3 is 1.92 bits per heavy atom. The number of hydrogen-bond acceptors (Lipinski definition) is 5. The number of aliphatic carboxylic acids is 2. The Kier molecular flexibility index (Phi) is 10.1. The summed E-state index contributed by atoms with van der Waals surface area (Å²) in [6.45, 7) is 12.7. The Morgan fingerprint density at radius 2 is 1.38 bits per heavy atom. The van der Waals surface area contributed by atoms with E-state index in [9.17, 15) is 14.4 Å². The summed E-state index contributed by atoms with van der Waals surface area (Å²) < 4.78 is 0. The normalized spacial score (nSPS) is 13.6. The highest BCUT2D eigenvalue weighted by atomic mass is 16.4. The van der Waals surface area contributed by atoms with E-state index in [4.69, 9.17) is 10.2 Å². The van der Waals surface area contributed by atoms with E-state index in [1.54, 1.807) is 0 Å². The van der Waals surface area contributed by atoms with Gasteiger partial charge in [-0.3, -0.25) is 14.7 Å². The number of carbonyl (C=O) groups is 3. The number of nitrogens with zero attached hydrogens (tertiary/aromatic N) is 3. The van der Waals surface area contributed by atoms with Crippen LogP contribution >= 0.6 is 0 Å². The number of amides is 1. The molecule has 0 atom stereocenters. The lowest BCUT2D eigenvalue weighted by Gasteiger charge is -2.34. The summed E-state index contributed by atoms with van der Waals surface area (Å²) in [7, 11) is 0. The summed E-state index contributed by atoms with van der Waals surface area (Å²) in [5, 5.41) is 15.6. The van der Waals surface area contributed by atoms with Gasteiger partial charge in [0.05, 0.1) is 5.69 Å². The lowest BCUT2D eigenvalue weighted by molar-refractivity contribution is -0.134. The molecule has 1 fully saturated rings. The fourth-order valence-electron chi connectivity index (χ4n) is 4.30. The highest BCUT2D eigenvalue weighted by Gasteiger charge is 2.22. The van der Waals surface area contributed by atoms with Gasteiger partial charge in [0, 0.05) is 62.2 Å². The van der Waals surface area contributed by atoms with Crippen molar-refractivity contribution in [2.24, 2.45) is 0 Å². The van der Waals surface area contributed by atoms with Gasteiger partial charge in [0.1, 0.15) is 0 Å². The zero-order valence-corrected chi connectivity index (χ0v) is 22.8. The summed E-state index contributed by atoms with van der Waals surface area (Å²) in [5.41, 5.74) is 9.37. The highest BCUT2D eigenvalue weighted by molar-refractivity contribution is 5.94. The molecular formula is C31H35N3O5. The maximum Gasteiger partial charge on any atom is 0.328 e. The van der Waals surface area contributed by atoms with Crippen molar-refractivity contribution in [3.63, 3.8) is 0 Å². The number of carboxylic acids is 2. The van der Waals surface area contributed by atoms with Crippen LogP contribution in [0, 0.1) is 27.7 Å². The van der Waals surface area contributed by atoms with Gasteiger partial charge >= 0.3 is 11.9 Å². The first-order chi connectivity index (χ1) is 18.5. The maximum atomic E-state index is 12.8. The summed E-state index contributed by atoms with van der Waals surface area (Å²) in [5.74, 6) is -2.38. The molecule has 204 valence electrons. The first-order valence-electron chi connectivity index (χ1n) is 12.8. The fraction of sp³-hybridized carbons (Fsp3) is 0.290. The van der Waals surface area contributed by atoms with Crippen molar-refractivity contribution >= 4 is 17.8 Å². The predicted molar refractivity (Wildman–Crippen MR) is 151 cm³/mol. The van der Waals surface area contributed by atoms with Crippen molar-refractivity contribution in [1.29, 1.82) is 0 Å². The van der Waals surface area contributed by atoms with Crippen LogP contribution in [0.4, 0.5) is 0 Å². The van der Waals surface area contributed by atoms with Gasteiger partial charge in [-0.1, -0.05) is 17.7 Å². The third kappa shape index (κ3) is 8.61. The molecule has 4 rings (SSSR count). The average Bonchev–Trinajstić information content (AvgIpc) is 2.91. The van der Waals surface area contributed by atoms with Crippen molar-refractivity contribution in [2.75, 3.05) is 26.2 Å². The number of rotatable bonds is 6. The van der Waals surface area contributed by atoms with E-state index in [0.29, 0.717) is 12.2 Å². The quantitative estimate of drug-likeness (QED) is 0.447. The van der Waals surface area contributed by atoms with E-state index in [1.165, 1.54) is 33.4 Å². The number of aryl methyl sites for hydroxylation is 3. The Labute approximate surface area is 229 Å². The number of carbonyl (C=O) groups excluding carboxylic acids is 1. The minimum Gasteiger partial charge on any atom is -0.478 e. The Bertz CT molecular complexity index is 1320. The number of aromatic nitrogens is 1. The number of benzene rings is 2. The molecule has 1 aromatic heterocycles. The maximum absolute atomic E-state index is 12.8. The van der Waals surface area contributed by atoms with E-state index >= 15 is 0 Å². The molecule has 39 heavy (non-hydrogen) atoms. The van der Waals surface area contributed by atoms with Gasteiger partial charge in [0.2, 0.25) is 0 Å². The molecule has 2 aromatic carbocycles. The van der Waals surface area contributed by atoms with Gasteiger partial charge in [-0.2, -0.15) is 0 Å². The molecule has 2 N–H and O–H groups in total. The molecule has 0 radical (unpaired) electrons. The number of piperazine rings is 1. The molecule has 1 aliphatic heterocycles. The second-order valence-corrected chi connectivity index (χ2v) is 9.73. The van der Waals surface area contributed by atoms with Gasteiger partial charge in [-0.25, -0.2) is 9.59 Å². The zero-order chi connectivity index (χ0) is 28.5. The van der Waals surface area contributed by atoms with Gasteiger partial charge in [-0.15, -0.1) is 0 Å². The third-order valence-corrected chi connectivity index (χ3v) is 6.78. The molecule has 0 bridgehead atoms. The van der Waals surface area contributed by atoms with Crippen LogP contribution in [0.5, 0.6) is 0 Å². The topological polar surface area (TPSA) is 111 Å². The van der Waals surface area contributed by atoms with Gasteiger partial charge in [0.25, 0.3) is 5.91 Å². The second-order valence-electron chi connectivity index (χ2n) is 9.73. The largest absolute Gasteiger partial charge is 0.478 e. The predicted octanol–water partition coefficient (Wildman–Crippen LogP) is 4.65. The van der Waals surface area contributed by atoms with Crippen LogP contribution < -0.4 is 0 Å². The van der Waals surface area contributed by atoms with Crippen LogP contribution in [0.15, 0.2) is 66.9 Å². The van der Waals surface area contributed by atoms with Gasteiger partial charge in [-0.05, 0) is 86.3 Å². The monoisotopic (exact) mass is 529 g/mol. The zero-order valence-electron chi connectivity index (χ0n) is 22.8. The van der Waals surface area contributed by atoms with E-state index in [1.807, 2.05) is 42.3 Å². The molecule has 0 aliphatic carbocycles. The van der Waals surface area contributed by atoms with Crippen molar-refractivity contribution in [3.05, 3.63) is 100 Å². The number of pyridine rings is 1. The van der Waals surface area contributed by atoms with E-state index in [-0.39, 0.29) is 5.91 Å². The Morgan fingerprint density at radius 1 is 0.821 bits per heavy atom. The second kappa shape index (κ2) is 13.5. The van der Waals surface area contributed by atoms with Crippen LogP contribution in [0.25, 0.3) is 11.3 Å². The average molecular weight is 530 g/mol. The number of hydrogen-bond donors (Lipinski definition) is 2. The molecule has 1 amide bonds. The molecular weight excluding hydrogens is 494 g/mol. The van der Waals surface area contributed by atoms with Gasteiger partial charge < -0.3 is 15.1 Å². The van der Waals surface area contributed by atoms with Crippen LogP contribution in [-0.4, -0.2) is 69.0 Å². The van der Waals surface area contributed by atoms with Crippen LogP contribution in [-0.2, 0) is 16.1 Å². The van der Waals surface area contributed by atoms with Crippen molar-refractivity contribution in [1.82, 2.24) is 14.8 Å². The first-order valence-corrected chi connectivity index (χ1v) is 12.8. The lowest BCUT2D eigenvalue weighted by Crippen LogP contribution is -2.48. The summed E-state index contributed by atoms with van der Waals surface area (Å²) in [6.07, 6.45) is 3.02. The number of carboxylic acid groups (broad SMARTS) is 2. The molecule has 8 nitrogen and oxygen atoms in total. The fourth-order valence-corrected chi connectivity index (χ4v) is 4.30. The summed E-state index contributed by atoms with van der Waals surface area (Å²) >= 11 is 0. The van der Waals surface area contributed by atoms with Crippen LogP contribution in [0.2, 0.25) is 0 Å². The molecule has 1 saturated heterocycles. The Hall–Kier alpha value is -4.30.